The molecule has 0 fully saturated rings. The van der Waals surface area contributed by atoms with Gasteiger partial charge in [0.05, 0.1) is 22.1 Å². The normalized spacial score (nSPS) is 12.3. The lowest BCUT2D eigenvalue weighted by Gasteiger charge is -2.13. The smallest absolute Gasteiger partial charge is 0.281 e. The Morgan fingerprint density at radius 3 is 2.95 bits per heavy atom. The molecular weight excluding hydrogens is 261 g/mol. The molecule has 1 heterocycles. The number of nitro benzene ring substituents is 1. The number of hydrogen-bond acceptors (Lipinski definition) is 4. The van der Waals surface area contributed by atoms with Gasteiger partial charge in [0.25, 0.3) is 5.69 Å². The molecule has 1 unspecified atom stereocenters. The van der Waals surface area contributed by atoms with Crippen molar-refractivity contribution in [2.24, 2.45) is 5.92 Å². The highest BCUT2D eigenvalue weighted by molar-refractivity contribution is 5.97. The first-order valence-electron chi connectivity index (χ1n) is 6.50. The molecule has 0 radical (unpaired) electrons. The monoisotopic (exact) mass is 277 g/mol. The van der Waals surface area contributed by atoms with Crippen LogP contribution in [0.4, 0.5) is 15.8 Å². The summed E-state index contributed by atoms with van der Waals surface area (Å²) in [5.41, 5.74) is 0.258. The molecule has 20 heavy (non-hydrogen) atoms. The van der Waals surface area contributed by atoms with Crippen LogP contribution in [0.2, 0.25) is 0 Å². The van der Waals surface area contributed by atoms with Crippen molar-refractivity contribution < 1.29 is 9.31 Å². The van der Waals surface area contributed by atoms with Gasteiger partial charge in [-0.05, 0) is 18.1 Å². The molecule has 0 aliphatic heterocycles. The minimum Gasteiger partial charge on any atom is -0.381 e. The molecule has 6 heteroatoms. The Labute approximate surface area is 116 Å². The molecule has 0 aliphatic rings. The summed E-state index contributed by atoms with van der Waals surface area (Å²) in [6.45, 7) is 4.69. The predicted octanol–water partition coefficient (Wildman–Crippen LogP) is 3.74. The number of aromatic nitrogens is 1. The van der Waals surface area contributed by atoms with Gasteiger partial charge in [0.1, 0.15) is 5.52 Å². The van der Waals surface area contributed by atoms with Crippen LogP contribution >= 0.6 is 0 Å². The van der Waals surface area contributed by atoms with Crippen LogP contribution in [-0.4, -0.2) is 16.5 Å². The maximum atomic E-state index is 14.1. The summed E-state index contributed by atoms with van der Waals surface area (Å²) in [5.74, 6) is -0.269. The standard InChI is InChI=1S/C14H16FN3O2/c1-3-9(2)8-17-14-11(15)7-12(18(19)20)10-5-4-6-16-13(10)14/h4-7,9,17H,3,8H2,1-2H3. The summed E-state index contributed by atoms with van der Waals surface area (Å²) in [6.07, 6.45) is 2.47. The molecule has 0 saturated carbocycles. The second-order valence-corrected chi connectivity index (χ2v) is 4.80. The van der Waals surface area contributed by atoms with Gasteiger partial charge < -0.3 is 5.32 Å². The van der Waals surface area contributed by atoms with Gasteiger partial charge in [0.2, 0.25) is 0 Å². The first-order valence-corrected chi connectivity index (χ1v) is 6.50. The molecular formula is C14H16FN3O2. The van der Waals surface area contributed by atoms with Crippen molar-refractivity contribution >= 4 is 22.3 Å². The molecule has 106 valence electrons. The number of benzene rings is 1. The van der Waals surface area contributed by atoms with Crippen molar-refractivity contribution in [2.45, 2.75) is 20.3 Å². The number of nitro groups is 1. The van der Waals surface area contributed by atoms with Crippen LogP contribution < -0.4 is 5.32 Å². The summed E-state index contributed by atoms with van der Waals surface area (Å²) < 4.78 is 14.1. The van der Waals surface area contributed by atoms with E-state index >= 15 is 0 Å². The number of halogens is 1. The highest BCUT2D eigenvalue weighted by atomic mass is 19.1. The van der Waals surface area contributed by atoms with Gasteiger partial charge >= 0.3 is 0 Å². The van der Waals surface area contributed by atoms with E-state index in [2.05, 4.69) is 17.2 Å². The van der Waals surface area contributed by atoms with Gasteiger partial charge in [-0.25, -0.2) is 4.39 Å². The Morgan fingerprint density at radius 2 is 2.30 bits per heavy atom. The van der Waals surface area contributed by atoms with E-state index in [0.29, 0.717) is 23.4 Å². The third-order valence-corrected chi connectivity index (χ3v) is 3.34. The quantitative estimate of drug-likeness (QED) is 0.667. The topological polar surface area (TPSA) is 68.1 Å². The third kappa shape index (κ3) is 2.68. The molecule has 1 aromatic carbocycles. The van der Waals surface area contributed by atoms with Crippen LogP contribution in [0.3, 0.4) is 0 Å². The molecule has 5 nitrogen and oxygen atoms in total. The van der Waals surface area contributed by atoms with E-state index in [1.54, 1.807) is 12.1 Å². The highest BCUT2D eigenvalue weighted by Gasteiger charge is 2.19. The van der Waals surface area contributed by atoms with Crippen LogP contribution in [-0.2, 0) is 0 Å². The van der Waals surface area contributed by atoms with Crippen molar-refractivity contribution in [2.75, 3.05) is 11.9 Å². The lowest BCUT2D eigenvalue weighted by molar-refractivity contribution is -0.383. The molecule has 0 bridgehead atoms. The Kier molecular flexibility index (Phi) is 4.12. The third-order valence-electron chi connectivity index (χ3n) is 3.34. The van der Waals surface area contributed by atoms with Gasteiger partial charge in [0, 0.05) is 12.7 Å². The molecule has 2 rings (SSSR count). The van der Waals surface area contributed by atoms with Crippen LogP contribution in [0.5, 0.6) is 0 Å². The summed E-state index contributed by atoms with van der Waals surface area (Å²) in [6, 6.07) is 4.13. The fourth-order valence-corrected chi connectivity index (χ4v) is 1.93. The van der Waals surface area contributed by atoms with E-state index < -0.39 is 10.7 Å². The summed E-state index contributed by atoms with van der Waals surface area (Å²) >= 11 is 0. The van der Waals surface area contributed by atoms with Crippen molar-refractivity contribution in [3.8, 4) is 0 Å². The summed E-state index contributed by atoms with van der Waals surface area (Å²) in [4.78, 5) is 14.5. The summed E-state index contributed by atoms with van der Waals surface area (Å²) in [5, 5.41) is 14.3. The molecule has 1 aromatic heterocycles. The van der Waals surface area contributed by atoms with Gasteiger partial charge in [-0.2, -0.15) is 0 Å². The van der Waals surface area contributed by atoms with E-state index in [0.717, 1.165) is 12.5 Å². The molecule has 0 aliphatic carbocycles. The maximum Gasteiger partial charge on any atom is 0.281 e. The second kappa shape index (κ2) is 5.81. The highest BCUT2D eigenvalue weighted by Crippen LogP contribution is 2.32. The Hall–Kier alpha value is -2.24. The lowest BCUT2D eigenvalue weighted by Crippen LogP contribution is -2.12. The number of nitrogens with zero attached hydrogens (tertiary/aromatic N) is 2. The van der Waals surface area contributed by atoms with E-state index in [4.69, 9.17) is 0 Å². The Morgan fingerprint density at radius 1 is 1.55 bits per heavy atom. The zero-order valence-electron chi connectivity index (χ0n) is 11.4. The van der Waals surface area contributed by atoms with Crippen LogP contribution in [0.15, 0.2) is 24.4 Å². The predicted molar refractivity (Wildman–Crippen MR) is 76.3 cm³/mol. The largest absolute Gasteiger partial charge is 0.381 e. The number of nitrogens with one attached hydrogen (secondary N) is 1. The van der Waals surface area contributed by atoms with Gasteiger partial charge in [-0.3, -0.25) is 15.1 Å². The van der Waals surface area contributed by atoms with Crippen molar-refractivity contribution in [3.05, 3.63) is 40.3 Å². The van der Waals surface area contributed by atoms with Crippen LogP contribution in [0.25, 0.3) is 10.9 Å². The van der Waals surface area contributed by atoms with Crippen LogP contribution in [0.1, 0.15) is 20.3 Å². The minimum atomic E-state index is -0.647. The average molecular weight is 277 g/mol. The van der Waals surface area contributed by atoms with Crippen molar-refractivity contribution in [1.29, 1.82) is 0 Å². The lowest BCUT2D eigenvalue weighted by atomic mass is 10.1. The number of rotatable bonds is 5. The fraction of sp³-hybridized carbons (Fsp3) is 0.357. The zero-order valence-corrected chi connectivity index (χ0v) is 11.4. The van der Waals surface area contributed by atoms with E-state index in [1.807, 2.05) is 6.92 Å². The van der Waals surface area contributed by atoms with E-state index in [-0.39, 0.29) is 11.4 Å². The van der Waals surface area contributed by atoms with Crippen molar-refractivity contribution in [3.63, 3.8) is 0 Å². The van der Waals surface area contributed by atoms with Crippen molar-refractivity contribution in [1.82, 2.24) is 4.98 Å². The number of pyridine rings is 1. The summed E-state index contributed by atoms with van der Waals surface area (Å²) in [7, 11) is 0. The Bertz CT molecular complexity index is 646. The molecule has 0 amide bonds. The number of fused-ring (bicyclic) bond motifs is 1. The SMILES string of the molecule is CCC(C)CNc1c(F)cc([N+](=O)[O-])c2cccnc12. The number of hydrogen-bond donors (Lipinski definition) is 1. The zero-order chi connectivity index (χ0) is 14.7. The molecule has 0 saturated heterocycles. The molecule has 2 aromatic rings. The van der Waals surface area contributed by atoms with Gasteiger partial charge in [0.15, 0.2) is 5.82 Å². The van der Waals surface area contributed by atoms with E-state index in [9.17, 15) is 14.5 Å². The fourth-order valence-electron chi connectivity index (χ4n) is 1.93. The van der Waals surface area contributed by atoms with Gasteiger partial charge in [-0.1, -0.05) is 20.3 Å². The molecule has 1 N–H and O–H groups in total. The maximum absolute atomic E-state index is 14.1. The van der Waals surface area contributed by atoms with Crippen LogP contribution in [0, 0.1) is 21.8 Å². The Balaban J connectivity index is 2.52. The molecule has 1 atom stereocenters. The number of non-ortho nitro benzene ring substituents is 1. The first-order chi connectivity index (χ1) is 9.54. The minimum absolute atomic E-state index is 0.228. The molecule has 0 spiro atoms. The first kappa shape index (κ1) is 14.2. The van der Waals surface area contributed by atoms with E-state index in [1.165, 1.54) is 6.20 Å². The number of anilines is 1. The second-order valence-electron chi connectivity index (χ2n) is 4.80. The average Bonchev–Trinajstić information content (AvgIpc) is 2.45. The van der Waals surface area contributed by atoms with Gasteiger partial charge in [-0.15, -0.1) is 0 Å².